The molecular formula is C11H10F3NO4S. The highest BCUT2D eigenvalue weighted by Crippen LogP contribution is 2.30. The van der Waals surface area contributed by atoms with Crippen molar-refractivity contribution in [2.24, 2.45) is 0 Å². The first-order valence-electron chi connectivity index (χ1n) is 5.15. The Bertz CT molecular complexity index is 519. The Balaban J connectivity index is 2.81. The monoisotopic (exact) mass is 309 g/mol. The van der Waals surface area contributed by atoms with Crippen LogP contribution in [0.5, 0.6) is 5.75 Å². The normalized spacial score (nSPS) is 11.0. The van der Waals surface area contributed by atoms with Crippen molar-refractivity contribution in [2.45, 2.75) is 5.51 Å². The van der Waals surface area contributed by atoms with Crippen molar-refractivity contribution in [3.8, 4) is 5.75 Å². The number of benzene rings is 1. The molecule has 0 atom stereocenters. The lowest BCUT2D eigenvalue weighted by Gasteiger charge is -2.10. The molecule has 0 saturated heterocycles. The summed E-state index contributed by atoms with van der Waals surface area (Å²) < 4.78 is 40.6. The third-order valence-electron chi connectivity index (χ3n) is 2.10. The molecule has 1 amide bonds. The predicted octanol–water partition coefficient (Wildman–Crippen LogP) is 2.58. The molecule has 0 fully saturated rings. The second-order valence-electron chi connectivity index (χ2n) is 3.50. The predicted molar refractivity (Wildman–Crippen MR) is 67.1 cm³/mol. The van der Waals surface area contributed by atoms with Gasteiger partial charge in [0, 0.05) is 0 Å². The maximum absolute atomic E-state index is 11.9. The molecule has 0 aliphatic heterocycles. The number of amides is 1. The Morgan fingerprint density at radius 3 is 2.55 bits per heavy atom. The summed E-state index contributed by atoms with van der Waals surface area (Å²) in [6.07, 6.45) is 0. The third-order valence-corrected chi connectivity index (χ3v) is 2.83. The molecule has 0 spiro atoms. The first-order valence-corrected chi connectivity index (χ1v) is 6.13. The molecule has 0 bridgehead atoms. The smallest absolute Gasteiger partial charge is 0.442 e. The molecule has 0 aliphatic carbocycles. The van der Waals surface area contributed by atoms with Crippen molar-refractivity contribution in [3.63, 3.8) is 0 Å². The van der Waals surface area contributed by atoms with Crippen molar-refractivity contribution in [1.29, 1.82) is 0 Å². The number of nitrogens with one attached hydrogen (secondary N) is 1. The quantitative estimate of drug-likeness (QED) is 0.874. The van der Waals surface area contributed by atoms with Crippen LogP contribution >= 0.6 is 11.8 Å². The molecule has 0 heterocycles. The number of rotatable bonds is 5. The highest BCUT2D eigenvalue weighted by Gasteiger charge is 2.29. The van der Waals surface area contributed by atoms with Crippen LogP contribution in [0.4, 0.5) is 18.9 Å². The second kappa shape index (κ2) is 6.51. The molecule has 1 aromatic carbocycles. The minimum atomic E-state index is -4.52. The molecule has 9 heteroatoms. The summed E-state index contributed by atoms with van der Waals surface area (Å²) in [4.78, 5) is 22.3. The molecule has 2 N–H and O–H groups in total. The summed E-state index contributed by atoms with van der Waals surface area (Å²) in [5, 5.41) is 11.1. The molecule has 0 saturated carbocycles. The Kier molecular flexibility index (Phi) is 5.26. The van der Waals surface area contributed by atoms with Crippen LogP contribution in [0.3, 0.4) is 0 Å². The molecule has 110 valence electrons. The van der Waals surface area contributed by atoms with Gasteiger partial charge in [0.05, 0.1) is 24.1 Å². The van der Waals surface area contributed by atoms with Crippen LogP contribution in [-0.2, 0) is 4.79 Å². The van der Waals surface area contributed by atoms with Gasteiger partial charge in [-0.1, -0.05) is 0 Å². The van der Waals surface area contributed by atoms with Gasteiger partial charge in [0.15, 0.2) is 0 Å². The van der Waals surface area contributed by atoms with Crippen molar-refractivity contribution in [2.75, 3.05) is 18.2 Å². The Hall–Kier alpha value is -1.90. The van der Waals surface area contributed by atoms with E-state index in [0.29, 0.717) is 0 Å². The largest absolute Gasteiger partial charge is 0.497 e. The molecule has 5 nitrogen and oxygen atoms in total. The number of alkyl halides is 3. The summed E-state index contributed by atoms with van der Waals surface area (Å²) in [6.45, 7) is 0. The van der Waals surface area contributed by atoms with Crippen LogP contribution in [0.15, 0.2) is 18.2 Å². The first kappa shape index (κ1) is 16.2. The Morgan fingerprint density at radius 1 is 1.40 bits per heavy atom. The van der Waals surface area contributed by atoms with Crippen molar-refractivity contribution < 1.29 is 32.6 Å². The average Bonchev–Trinajstić information content (AvgIpc) is 2.35. The molecule has 1 rings (SSSR count). The van der Waals surface area contributed by atoms with Gasteiger partial charge in [-0.2, -0.15) is 13.2 Å². The number of hydrogen-bond acceptors (Lipinski definition) is 4. The van der Waals surface area contributed by atoms with E-state index in [2.05, 4.69) is 5.32 Å². The number of carboxylic acids is 1. The SMILES string of the molecule is COc1ccc(NC(=O)CSC(F)(F)F)c(C(=O)O)c1. The molecule has 20 heavy (non-hydrogen) atoms. The molecular weight excluding hydrogens is 299 g/mol. The van der Waals surface area contributed by atoms with Crippen LogP contribution in [-0.4, -0.2) is 35.4 Å². The highest BCUT2D eigenvalue weighted by atomic mass is 32.2. The standard InChI is InChI=1S/C11H10F3NO4S/c1-19-6-2-3-8(7(4-6)10(17)18)15-9(16)5-20-11(12,13)14/h2-4H,5H2,1H3,(H,15,16)(H,17,18). The third kappa shape index (κ3) is 5.00. The summed E-state index contributed by atoms with van der Waals surface area (Å²) in [7, 11) is 1.33. The summed E-state index contributed by atoms with van der Waals surface area (Å²) in [6, 6.07) is 3.80. The van der Waals surface area contributed by atoms with Crippen LogP contribution < -0.4 is 10.1 Å². The zero-order valence-corrected chi connectivity index (χ0v) is 11.0. The van der Waals surface area contributed by atoms with Gasteiger partial charge in [-0.25, -0.2) is 4.79 Å². The average molecular weight is 309 g/mol. The lowest BCUT2D eigenvalue weighted by molar-refractivity contribution is -0.114. The van der Waals surface area contributed by atoms with E-state index in [1.54, 1.807) is 0 Å². The summed E-state index contributed by atoms with van der Waals surface area (Å²) in [5.74, 6) is -2.87. The topological polar surface area (TPSA) is 75.6 Å². The van der Waals surface area contributed by atoms with E-state index >= 15 is 0 Å². The van der Waals surface area contributed by atoms with Gasteiger partial charge < -0.3 is 15.2 Å². The van der Waals surface area contributed by atoms with Crippen LogP contribution in [0, 0.1) is 0 Å². The Morgan fingerprint density at radius 2 is 2.05 bits per heavy atom. The van der Waals surface area contributed by atoms with Gasteiger partial charge in [-0.15, -0.1) is 0 Å². The number of halogens is 3. The first-order chi connectivity index (χ1) is 9.23. The zero-order valence-electron chi connectivity index (χ0n) is 10.2. The second-order valence-corrected chi connectivity index (χ2v) is 4.54. The van der Waals surface area contributed by atoms with Gasteiger partial charge in [-0.05, 0) is 30.0 Å². The lowest BCUT2D eigenvalue weighted by atomic mass is 10.1. The van der Waals surface area contributed by atoms with E-state index in [-0.39, 0.29) is 17.0 Å². The van der Waals surface area contributed by atoms with Crippen LogP contribution in [0.2, 0.25) is 0 Å². The van der Waals surface area contributed by atoms with Gasteiger partial charge in [-0.3, -0.25) is 4.79 Å². The minimum absolute atomic E-state index is 0.0916. The van der Waals surface area contributed by atoms with E-state index in [1.807, 2.05) is 0 Å². The van der Waals surface area contributed by atoms with Gasteiger partial charge in [0.1, 0.15) is 5.75 Å². The lowest BCUT2D eigenvalue weighted by Crippen LogP contribution is -2.19. The summed E-state index contributed by atoms with van der Waals surface area (Å²) in [5.41, 5.74) is -4.88. The van der Waals surface area contributed by atoms with Crippen molar-refractivity contribution in [3.05, 3.63) is 23.8 Å². The number of ether oxygens (including phenoxy) is 1. The fourth-order valence-electron chi connectivity index (χ4n) is 1.27. The van der Waals surface area contributed by atoms with Crippen molar-refractivity contribution in [1.82, 2.24) is 0 Å². The van der Waals surface area contributed by atoms with Crippen LogP contribution in [0.1, 0.15) is 10.4 Å². The number of aromatic carboxylic acids is 1. The van der Waals surface area contributed by atoms with E-state index in [9.17, 15) is 22.8 Å². The highest BCUT2D eigenvalue weighted by molar-refractivity contribution is 8.00. The number of thioether (sulfide) groups is 1. The maximum atomic E-state index is 11.9. The minimum Gasteiger partial charge on any atom is -0.497 e. The number of anilines is 1. The number of methoxy groups -OCH3 is 1. The van der Waals surface area contributed by atoms with E-state index in [4.69, 9.17) is 9.84 Å². The maximum Gasteiger partial charge on any atom is 0.442 e. The number of carbonyl (C=O) groups is 2. The van der Waals surface area contributed by atoms with Crippen LogP contribution in [0.25, 0.3) is 0 Å². The van der Waals surface area contributed by atoms with E-state index in [0.717, 1.165) is 6.07 Å². The van der Waals surface area contributed by atoms with Gasteiger partial charge in [0.2, 0.25) is 5.91 Å². The van der Waals surface area contributed by atoms with E-state index < -0.39 is 34.9 Å². The zero-order chi connectivity index (χ0) is 15.3. The van der Waals surface area contributed by atoms with Gasteiger partial charge in [0.25, 0.3) is 0 Å². The molecule has 0 unspecified atom stereocenters. The number of carbonyl (C=O) groups excluding carboxylic acids is 1. The van der Waals surface area contributed by atoms with Crippen molar-refractivity contribution >= 4 is 29.3 Å². The molecule has 0 radical (unpaired) electrons. The molecule has 0 aromatic heterocycles. The molecule has 1 aromatic rings. The Labute approximate surface area is 116 Å². The fourth-order valence-corrected chi connectivity index (χ4v) is 1.64. The van der Waals surface area contributed by atoms with E-state index in [1.165, 1.54) is 19.2 Å². The van der Waals surface area contributed by atoms with Gasteiger partial charge >= 0.3 is 11.5 Å². The fraction of sp³-hybridized carbons (Fsp3) is 0.273. The summed E-state index contributed by atoms with van der Waals surface area (Å²) >= 11 is -0.501. The number of carboxylic acid groups (broad SMARTS) is 1. The molecule has 0 aliphatic rings. The number of hydrogen-bond donors (Lipinski definition) is 2.